The molecule has 3 rings (SSSR count). The molecule has 1 atom stereocenters. The minimum Gasteiger partial charge on any atom is -0.493 e. The first kappa shape index (κ1) is 19.5. The van der Waals surface area contributed by atoms with Crippen molar-refractivity contribution in [3.63, 3.8) is 0 Å². The molecule has 6 heteroatoms. The molecule has 5 nitrogen and oxygen atoms in total. The lowest BCUT2D eigenvalue weighted by atomic mass is 9.88. The summed E-state index contributed by atoms with van der Waals surface area (Å²) in [7, 11) is 5.02. The molecule has 1 unspecified atom stereocenters. The average molecular weight is 387 g/mol. The van der Waals surface area contributed by atoms with E-state index < -0.39 is 0 Å². The number of benzene rings is 2. The van der Waals surface area contributed by atoms with Gasteiger partial charge < -0.3 is 24.4 Å². The van der Waals surface area contributed by atoms with Gasteiger partial charge in [-0.05, 0) is 47.5 Å². The van der Waals surface area contributed by atoms with Crippen LogP contribution in [0.4, 0.5) is 0 Å². The first-order chi connectivity index (χ1) is 13.2. The summed E-state index contributed by atoms with van der Waals surface area (Å²) < 4.78 is 16.2. The highest BCUT2D eigenvalue weighted by Gasteiger charge is 2.31. The molecule has 1 aliphatic heterocycles. The lowest BCUT2D eigenvalue weighted by Crippen LogP contribution is -2.46. The normalized spacial score (nSPS) is 15.8. The molecule has 0 bridgehead atoms. The van der Waals surface area contributed by atoms with Gasteiger partial charge in [0.25, 0.3) is 0 Å². The molecule has 0 radical (unpaired) electrons. The van der Waals surface area contributed by atoms with Gasteiger partial charge in [-0.15, -0.1) is 0 Å². The molecule has 1 heterocycles. The van der Waals surface area contributed by atoms with Crippen LogP contribution in [0.15, 0.2) is 42.5 Å². The van der Waals surface area contributed by atoms with Crippen molar-refractivity contribution in [3.05, 3.63) is 59.2 Å². The van der Waals surface area contributed by atoms with Crippen molar-refractivity contribution >= 4 is 17.3 Å². The summed E-state index contributed by atoms with van der Waals surface area (Å²) in [5.41, 5.74) is 3.65. The summed E-state index contributed by atoms with van der Waals surface area (Å²) >= 11 is 5.71. The van der Waals surface area contributed by atoms with Gasteiger partial charge in [0.15, 0.2) is 16.6 Å². The molecule has 0 spiro atoms. The maximum atomic E-state index is 5.71. The Morgan fingerprint density at radius 2 is 1.81 bits per heavy atom. The molecule has 0 fully saturated rings. The Morgan fingerprint density at radius 3 is 2.48 bits per heavy atom. The zero-order valence-corrected chi connectivity index (χ0v) is 16.8. The van der Waals surface area contributed by atoms with Crippen molar-refractivity contribution in [2.75, 3.05) is 41.0 Å². The van der Waals surface area contributed by atoms with E-state index in [4.69, 9.17) is 26.4 Å². The van der Waals surface area contributed by atoms with Crippen LogP contribution in [0.25, 0.3) is 0 Å². The summed E-state index contributed by atoms with van der Waals surface area (Å²) in [4.78, 5) is 2.24. The molecular formula is C21H26N2O3S. The fourth-order valence-electron chi connectivity index (χ4n) is 3.52. The Kier molecular flexibility index (Phi) is 6.53. The van der Waals surface area contributed by atoms with E-state index >= 15 is 0 Å². The van der Waals surface area contributed by atoms with Crippen LogP contribution in [-0.2, 0) is 11.2 Å². The molecule has 1 aliphatic rings. The smallest absolute Gasteiger partial charge is 0.169 e. The van der Waals surface area contributed by atoms with Crippen LogP contribution >= 0.6 is 12.2 Å². The second kappa shape index (κ2) is 9.06. The molecule has 27 heavy (non-hydrogen) atoms. The van der Waals surface area contributed by atoms with Gasteiger partial charge in [-0.2, -0.15) is 0 Å². The van der Waals surface area contributed by atoms with Crippen LogP contribution in [0.1, 0.15) is 22.7 Å². The number of nitrogens with one attached hydrogen (secondary N) is 1. The van der Waals surface area contributed by atoms with Crippen LogP contribution < -0.4 is 14.8 Å². The molecular weight excluding hydrogens is 360 g/mol. The highest BCUT2D eigenvalue weighted by Crippen LogP contribution is 2.40. The van der Waals surface area contributed by atoms with Crippen molar-refractivity contribution in [1.82, 2.24) is 10.2 Å². The summed E-state index contributed by atoms with van der Waals surface area (Å²) in [5, 5.41) is 4.05. The number of hydrogen-bond acceptors (Lipinski definition) is 4. The van der Waals surface area contributed by atoms with E-state index in [1.165, 1.54) is 16.7 Å². The first-order valence-electron chi connectivity index (χ1n) is 9.02. The van der Waals surface area contributed by atoms with Crippen LogP contribution in [0.5, 0.6) is 11.5 Å². The van der Waals surface area contributed by atoms with Crippen LogP contribution in [0, 0.1) is 0 Å². The van der Waals surface area contributed by atoms with Crippen molar-refractivity contribution < 1.29 is 14.2 Å². The molecule has 2 aromatic rings. The summed E-state index contributed by atoms with van der Waals surface area (Å²) in [6.07, 6.45) is 0.894. The Balaban J connectivity index is 2.02. The zero-order valence-electron chi connectivity index (χ0n) is 16.0. The molecule has 2 aromatic carbocycles. The van der Waals surface area contributed by atoms with Gasteiger partial charge in [-0.25, -0.2) is 0 Å². The topological polar surface area (TPSA) is 43.0 Å². The fourth-order valence-corrected chi connectivity index (χ4v) is 3.82. The van der Waals surface area contributed by atoms with E-state index in [2.05, 4.69) is 46.6 Å². The van der Waals surface area contributed by atoms with Crippen molar-refractivity contribution in [2.24, 2.45) is 0 Å². The summed E-state index contributed by atoms with van der Waals surface area (Å²) in [5.74, 6) is 1.49. The number of rotatable bonds is 6. The third-order valence-electron chi connectivity index (χ3n) is 4.83. The summed E-state index contributed by atoms with van der Waals surface area (Å²) in [6.45, 7) is 2.14. The van der Waals surface area contributed by atoms with Gasteiger partial charge >= 0.3 is 0 Å². The van der Waals surface area contributed by atoms with Crippen LogP contribution in [0.2, 0.25) is 0 Å². The van der Waals surface area contributed by atoms with Crippen molar-refractivity contribution in [1.29, 1.82) is 0 Å². The van der Waals surface area contributed by atoms with E-state index in [0.29, 0.717) is 13.2 Å². The zero-order chi connectivity index (χ0) is 19.2. The minimum atomic E-state index is 0.0253. The Morgan fingerprint density at radius 1 is 1.11 bits per heavy atom. The average Bonchev–Trinajstić information content (AvgIpc) is 2.72. The van der Waals surface area contributed by atoms with Gasteiger partial charge in [-0.3, -0.25) is 0 Å². The lowest BCUT2D eigenvalue weighted by Gasteiger charge is -2.39. The van der Waals surface area contributed by atoms with Gasteiger partial charge in [0.05, 0.1) is 26.9 Å². The van der Waals surface area contributed by atoms with E-state index in [-0.39, 0.29) is 6.04 Å². The van der Waals surface area contributed by atoms with Gasteiger partial charge in [0.1, 0.15) is 0 Å². The minimum absolute atomic E-state index is 0.0253. The second-order valence-corrected chi connectivity index (χ2v) is 6.77. The van der Waals surface area contributed by atoms with Gasteiger partial charge in [-0.1, -0.05) is 30.3 Å². The molecule has 0 amide bonds. The van der Waals surface area contributed by atoms with Gasteiger partial charge in [0, 0.05) is 20.2 Å². The quantitative estimate of drug-likeness (QED) is 0.608. The van der Waals surface area contributed by atoms with Crippen LogP contribution in [0.3, 0.4) is 0 Å². The molecule has 0 aromatic heterocycles. The molecule has 144 valence electrons. The maximum absolute atomic E-state index is 5.71. The van der Waals surface area contributed by atoms with E-state index in [1.54, 1.807) is 21.3 Å². The Hall–Kier alpha value is -2.31. The van der Waals surface area contributed by atoms with E-state index in [1.807, 2.05) is 6.07 Å². The fraction of sp³-hybridized carbons (Fsp3) is 0.381. The predicted molar refractivity (Wildman–Crippen MR) is 111 cm³/mol. The molecule has 1 N–H and O–H groups in total. The number of nitrogens with zero attached hydrogens (tertiary/aromatic N) is 1. The second-order valence-electron chi connectivity index (χ2n) is 6.39. The highest BCUT2D eigenvalue weighted by molar-refractivity contribution is 7.80. The largest absolute Gasteiger partial charge is 0.493 e. The Bertz CT molecular complexity index is 782. The lowest BCUT2D eigenvalue weighted by molar-refractivity contribution is 0.202. The monoisotopic (exact) mass is 386 g/mol. The predicted octanol–water partition coefficient (Wildman–Crippen LogP) is 3.17. The molecule has 0 saturated heterocycles. The molecule has 0 aliphatic carbocycles. The standard InChI is InChI=1S/C21H26N2O3S/c1-24-12-10-22-21(27)23-11-9-16-13-18(25-2)19(26-3)14-17(16)20(23)15-7-5-4-6-8-15/h4-8,13-14,20H,9-12H2,1-3H3,(H,22,27). The first-order valence-corrected chi connectivity index (χ1v) is 9.43. The maximum Gasteiger partial charge on any atom is 0.169 e. The van der Waals surface area contributed by atoms with E-state index in [9.17, 15) is 0 Å². The van der Waals surface area contributed by atoms with Crippen molar-refractivity contribution in [3.8, 4) is 11.5 Å². The number of fused-ring (bicyclic) bond motifs is 1. The third kappa shape index (κ3) is 4.17. The SMILES string of the molecule is COCCNC(=S)N1CCc2cc(OC)c(OC)cc2C1c1ccccc1. The third-order valence-corrected chi connectivity index (χ3v) is 5.21. The molecule has 0 saturated carbocycles. The Labute approximate surface area is 166 Å². The number of ether oxygens (including phenoxy) is 3. The number of thiocarbonyl (C=S) groups is 1. The van der Waals surface area contributed by atoms with Gasteiger partial charge in [0.2, 0.25) is 0 Å². The number of hydrogen-bond donors (Lipinski definition) is 1. The van der Waals surface area contributed by atoms with E-state index in [0.717, 1.165) is 29.6 Å². The van der Waals surface area contributed by atoms with Crippen LogP contribution in [-0.4, -0.2) is 51.0 Å². The highest BCUT2D eigenvalue weighted by atomic mass is 32.1. The van der Waals surface area contributed by atoms with Crippen molar-refractivity contribution in [2.45, 2.75) is 12.5 Å². The number of methoxy groups -OCH3 is 3. The summed E-state index contributed by atoms with van der Waals surface area (Å²) in [6, 6.07) is 14.6.